The second kappa shape index (κ2) is 5.36. The van der Waals surface area contributed by atoms with E-state index in [9.17, 15) is 4.79 Å². The van der Waals surface area contributed by atoms with E-state index in [4.69, 9.17) is 5.73 Å². The largest absolute Gasteiger partial charge is 0.342 e. The summed E-state index contributed by atoms with van der Waals surface area (Å²) >= 11 is 0. The minimum Gasteiger partial charge on any atom is -0.342 e. The third-order valence-electron chi connectivity index (χ3n) is 4.50. The van der Waals surface area contributed by atoms with Crippen molar-refractivity contribution in [3.8, 4) is 0 Å². The van der Waals surface area contributed by atoms with Gasteiger partial charge in [-0.25, -0.2) is 0 Å². The Balaban J connectivity index is 1.83. The van der Waals surface area contributed by atoms with Gasteiger partial charge in [-0.2, -0.15) is 0 Å². The Labute approximate surface area is 104 Å². The smallest absolute Gasteiger partial charge is 0.219 e. The Hall–Kier alpha value is -0.610. The topological polar surface area (TPSA) is 49.6 Å². The summed E-state index contributed by atoms with van der Waals surface area (Å²) in [6, 6.07) is 1.55. The van der Waals surface area contributed by atoms with Crippen LogP contribution in [0.1, 0.15) is 39.0 Å². The first-order valence-electron chi connectivity index (χ1n) is 6.81. The molecule has 1 heterocycles. The maximum absolute atomic E-state index is 11.3. The second-order valence-corrected chi connectivity index (χ2v) is 5.64. The van der Waals surface area contributed by atoms with Crippen molar-refractivity contribution in [2.24, 2.45) is 5.73 Å². The summed E-state index contributed by atoms with van der Waals surface area (Å²) in [7, 11) is 1.92. The highest BCUT2D eigenvalue weighted by atomic mass is 16.2. The number of carbonyl (C=O) groups excluding carboxylic acids is 1. The molecule has 0 aromatic heterocycles. The SMILES string of the molecule is CC(=O)N(C)C1CCN(C2CCC(N)CC2)C1. The summed E-state index contributed by atoms with van der Waals surface area (Å²) in [5.74, 6) is 0.183. The number of rotatable bonds is 2. The number of nitrogens with two attached hydrogens (primary N) is 1. The van der Waals surface area contributed by atoms with Crippen LogP contribution in [-0.2, 0) is 4.79 Å². The molecule has 17 heavy (non-hydrogen) atoms. The predicted molar refractivity (Wildman–Crippen MR) is 68.7 cm³/mol. The molecule has 1 aliphatic heterocycles. The molecule has 4 nitrogen and oxygen atoms in total. The number of likely N-dealkylation sites (tertiary alicyclic amines) is 1. The van der Waals surface area contributed by atoms with E-state index in [1.165, 1.54) is 12.8 Å². The fourth-order valence-corrected chi connectivity index (χ4v) is 3.14. The van der Waals surface area contributed by atoms with Crippen LogP contribution >= 0.6 is 0 Å². The number of likely N-dealkylation sites (N-methyl/N-ethyl adjacent to an activating group) is 1. The van der Waals surface area contributed by atoms with Gasteiger partial charge in [0.1, 0.15) is 0 Å². The molecule has 0 aromatic rings. The number of nitrogens with zero attached hydrogens (tertiary/aromatic N) is 2. The van der Waals surface area contributed by atoms with Crippen LogP contribution in [0.25, 0.3) is 0 Å². The molecule has 4 heteroatoms. The average Bonchev–Trinajstić information content (AvgIpc) is 2.78. The van der Waals surface area contributed by atoms with Gasteiger partial charge < -0.3 is 10.6 Å². The molecule has 0 radical (unpaired) electrons. The van der Waals surface area contributed by atoms with Gasteiger partial charge in [0.25, 0.3) is 0 Å². The van der Waals surface area contributed by atoms with Crippen LogP contribution < -0.4 is 5.73 Å². The zero-order valence-corrected chi connectivity index (χ0v) is 11.1. The first kappa shape index (κ1) is 12.8. The highest BCUT2D eigenvalue weighted by molar-refractivity contribution is 5.73. The molecule has 1 aliphatic carbocycles. The fourth-order valence-electron chi connectivity index (χ4n) is 3.14. The molecule has 2 N–H and O–H groups in total. The highest BCUT2D eigenvalue weighted by Crippen LogP contribution is 2.26. The number of hydrogen-bond acceptors (Lipinski definition) is 3. The van der Waals surface area contributed by atoms with Gasteiger partial charge in [0.2, 0.25) is 5.91 Å². The van der Waals surface area contributed by atoms with E-state index in [0.717, 1.165) is 32.4 Å². The van der Waals surface area contributed by atoms with Crippen molar-refractivity contribution in [2.45, 2.75) is 57.2 Å². The lowest BCUT2D eigenvalue weighted by molar-refractivity contribution is -0.129. The summed E-state index contributed by atoms with van der Waals surface area (Å²) in [6.07, 6.45) is 5.91. The van der Waals surface area contributed by atoms with E-state index in [-0.39, 0.29) is 5.91 Å². The molecule has 2 aliphatic rings. The van der Waals surface area contributed by atoms with Gasteiger partial charge in [0.15, 0.2) is 0 Å². The Bertz CT molecular complexity index is 274. The average molecular weight is 239 g/mol. The third-order valence-corrected chi connectivity index (χ3v) is 4.50. The van der Waals surface area contributed by atoms with Gasteiger partial charge in [0.05, 0.1) is 0 Å². The van der Waals surface area contributed by atoms with Gasteiger partial charge >= 0.3 is 0 Å². The zero-order valence-electron chi connectivity index (χ0n) is 11.1. The number of carbonyl (C=O) groups is 1. The van der Waals surface area contributed by atoms with Crippen molar-refractivity contribution in [1.29, 1.82) is 0 Å². The summed E-state index contributed by atoms with van der Waals surface area (Å²) in [4.78, 5) is 15.8. The molecular weight excluding hydrogens is 214 g/mol. The molecule has 0 bridgehead atoms. The highest BCUT2D eigenvalue weighted by Gasteiger charge is 2.32. The van der Waals surface area contributed by atoms with Gasteiger partial charge in [-0.1, -0.05) is 0 Å². The maximum atomic E-state index is 11.3. The normalized spacial score (nSPS) is 34.9. The summed E-state index contributed by atoms with van der Waals surface area (Å²) in [5.41, 5.74) is 5.94. The van der Waals surface area contributed by atoms with Crippen LogP contribution in [0.2, 0.25) is 0 Å². The van der Waals surface area contributed by atoms with E-state index in [2.05, 4.69) is 4.90 Å². The molecule has 1 saturated heterocycles. The minimum atomic E-state index is 0.183. The molecule has 0 spiro atoms. The Morgan fingerprint density at radius 3 is 2.47 bits per heavy atom. The summed E-state index contributed by atoms with van der Waals surface area (Å²) < 4.78 is 0. The molecule has 1 unspecified atom stereocenters. The number of hydrogen-bond donors (Lipinski definition) is 1. The molecule has 0 aromatic carbocycles. The standard InChI is InChI=1S/C13H25N3O/c1-10(17)15(2)13-7-8-16(9-13)12-5-3-11(14)4-6-12/h11-13H,3-9,14H2,1-2H3. The van der Waals surface area contributed by atoms with Crippen molar-refractivity contribution < 1.29 is 4.79 Å². The van der Waals surface area contributed by atoms with Gasteiger partial charge in [-0.3, -0.25) is 9.69 Å². The van der Waals surface area contributed by atoms with E-state index < -0.39 is 0 Å². The lowest BCUT2D eigenvalue weighted by Crippen LogP contribution is -2.42. The number of amides is 1. The first-order valence-corrected chi connectivity index (χ1v) is 6.81. The lowest BCUT2D eigenvalue weighted by Gasteiger charge is -2.34. The predicted octanol–water partition coefficient (Wildman–Crippen LogP) is 0.809. The molecule has 1 amide bonds. The second-order valence-electron chi connectivity index (χ2n) is 5.64. The molecule has 98 valence electrons. The fraction of sp³-hybridized carbons (Fsp3) is 0.923. The van der Waals surface area contributed by atoms with Crippen LogP contribution in [0.5, 0.6) is 0 Å². The molecule has 2 rings (SSSR count). The van der Waals surface area contributed by atoms with Crippen LogP contribution in [0.15, 0.2) is 0 Å². The molecule has 1 saturated carbocycles. The third kappa shape index (κ3) is 2.99. The van der Waals surface area contributed by atoms with Crippen molar-refractivity contribution in [3.05, 3.63) is 0 Å². The van der Waals surface area contributed by atoms with E-state index >= 15 is 0 Å². The van der Waals surface area contributed by atoms with Crippen LogP contribution in [0.4, 0.5) is 0 Å². The van der Waals surface area contributed by atoms with Crippen molar-refractivity contribution in [1.82, 2.24) is 9.80 Å². The Morgan fingerprint density at radius 1 is 1.24 bits per heavy atom. The molecule has 2 fully saturated rings. The van der Waals surface area contributed by atoms with Crippen molar-refractivity contribution in [2.75, 3.05) is 20.1 Å². The molecular formula is C13H25N3O. The summed E-state index contributed by atoms with van der Waals surface area (Å²) in [5, 5.41) is 0. The minimum absolute atomic E-state index is 0.183. The Morgan fingerprint density at radius 2 is 1.88 bits per heavy atom. The van der Waals surface area contributed by atoms with Gasteiger partial charge in [-0.05, 0) is 32.1 Å². The zero-order chi connectivity index (χ0) is 12.4. The molecule has 1 atom stereocenters. The van der Waals surface area contributed by atoms with Gasteiger partial charge in [0, 0.05) is 45.2 Å². The summed E-state index contributed by atoms with van der Waals surface area (Å²) in [6.45, 7) is 3.85. The first-order chi connectivity index (χ1) is 8.08. The van der Waals surface area contributed by atoms with Crippen LogP contribution in [-0.4, -0.2) is 54.0 Å². The van der Waals surface area contributed by atoms with E-state index in [1.54, 1.807) is 6.92 Å². The van der Waals surface area contributed by atoms with E-state index in [1.807, 2.05) is 11.9 Å². The maximum Gasteiger partial charge on any atom is 0.219 e. The van der Waals surface area contributed by atoms with Gasteiger partial charge in [-0.15, -0.1) is 0 Å². The van der Waals surface area contributed by atoms with Crippen molar-refractivity contribution in [3.63, 3.8) is 0 Å². The van der Waals surface area contributed by atoms with Crippen molar-refractivity contribution >= 4 is 5.91 Å². The quantitative estimate of drug-likeness (QED) is 0.776. The van der Waals surface area contributed by atoms with Crippen LogP contribution in [0.3, 0.4) is 0 Å². The monoisotopic (exact) mass is 239 g/mol. The van der Waals surface area contributed by atoms with Crippen LogP contribution in [0, 0.1) is 0 Å². The van der Waals surface area contributed by atoms with E-state index in [0.29, 0.717) is 18.1 Å². The lowest BCUT2D eigenvalue weighted by atomic mass is 9.91. The Kier molecular flexibility index (Phi) is 4.05.